The van der Waals surface area contributed by atoms with Crippen LogP contribution < -0.4 is 0 Å². The summed E-state index contributed by atoms with van der Waals surface area (Å²) >= 11 is 1.22. The van der Waals surface area contributed by atoms with Crippen molar-refractivity contribution in [2.24, 2.45) is 5.16 Å². The molecule has 0 bridgehead atoms. The highest BCUT2D eigenvalue weighted by molar-refractivity contribution is 8.16. The largest absolute Gasteiger partial charge is 0.328 e. The molecule has 0 fully saturated rings. The molecule has 0 aromatic rings. The number of hydrogen-bond acceptors (Lipinski definition) is 5. The zero-order chi connectivity index (χ0) is 13.3. The zero-order valence-corrected chi connectivity index (χ0v) is 12.2. The monoisotopic (exact) mass is 289 g/mol. The van der Waals surface area contributed by atoms with Gasteiger partial charge < -0.3 is 0 Å². The van der Waals surface area contributed by atoms with Crippen molar-refractivity contribution in [3.8, 4) is 0 Å². The van der Waals surface area contributed by atoms with Gasteiger partial charge in [-0.25, -0.2) is 0 Å². The maximum atomic E-state index is 11.5. The average molecular weight is 289 g/mol. The van der Waals surface area contributed by atoms with Crippen LogP contribution in [-0.2, 0) is 14.4 Å². The standard InChI is InChI=1S/C12H19NO3S2/c1-2-3-4-5-6-7-11-18(14,15)16-13-12-9-8-10-17-12/h8-9H,2-7,11H2,1H3. The minimum Gasteiger partial charge on any atom is -0.267 e. The molecule has 18 heavy (non-hydrogen) atoms. The molecule has 2 radical (unpaired) electrons. The van der Waals surface area contributed by atoms with Crippen molar-refractivity contribution in [3.05, 3.63) is 17.9 Å². The summed E-state index contributed by atoms with van der Waals surface area (Å²) in [5.41, 5.74) is 0. The summed E-state index contributed by atoms with van der Waals surface area (Å²) in [5.74, 6) is 2.85. The van der Waals surface area contributed by atoms with Crippen LogP contribution in [0.15, 0.2) is 17.3 Å². The molecule has 0 aromatic carbocycles. The number of rotatable bonds is 9. The van der Waals surface area contributed by atoms with E-state index in [1.807, 2.05) is 0 Å². The van der Waals surface area contributed by atoms with E-state index < -0.39 is 10.1 Å². The van der Waals surface area contributed by atoms with E-state index in [4.69, 9.17) is 0 Å². The first-order valence-corrected chi connectivity index (χ1v) is 8.61. The Labute approximate surface area is 114 Å². The molecule has 0 N–H and O–H groups in total. The van der Waals surface area contributed by atoms with E-state index in [0.717, 1.165) is 12.8 Å². The van der Waals surface area contributed by atoms with Gasteiger partial charge in [-0.2, -0.15) is 8.42 Å². The molecule has 0 aromatic heterocycles. The normalized spacial score (nSPS) is 17.5. The molecule has 1 aliphatic rings. The van der Waals surface area contributed by atoms with Crippen LogP contribution in [0.25, 0.3) is 0 Å². The van der Waals surface area contributed by atoms with Crippen LogP contribution in [0.5, 0.6) is 0 Å². The predicted octanol–water partition coefficient (Wildman–Crippen LogP) is 3.35. The molecule has 0 spiro atoms. The van der Waals surface area contributed by atoms with Crippen LogP contribution in [0.3, 0.4) is 0 Å². The van der Waals surface area contributed by atoms with E-state index in [-0.39, 0.29) is 5.75 Å². The highest BCUT2D eigenvalue weighted by Crippen LogP contribution is 2.18. The third-order valence-electron chi connectivity index (χ3n) is 2.45. The molecule has 0 atom stereocenters. The fourth-order valence-electron chi connectivity index (χ4n) is 1.47. The maximum Gasteiger partial charge on any atom is 0.328 e. The van der Waals surface area contributed by atoms with Gasteiger partial charge in [0, 0.05) is 0 Å². The highest BCUT2D eigenvalue weighted by Gasteiger charge is 2.12. The van der Waals surface area contributed by atoms with Gasteiger partial charge in [0.2, 0.25) is 0 Å². The first kappa shape index (κ1) is 15.6. The maximum absolute atomic E-state index is 11.5. The van der Waals surface area contributed by atoms with Crippen molar-refractivity contribution < 1.29 is 12.7 Å². The summed E-state index contributed by atoms with van der Waals surface area (Å²) in [7, 11) is -3.52. The van der Waals surface area contributed by atoms with Gasteiger partial charge in [0.1, 0.15) is 5.04 Å². The summed E-state index contributed by atoms with van der Waals surface area (Å²) in [4.78, 5) is 0. The summed E-state index contributed by atoms with van der Waals surface area (Å²) in [5, 5.41) is 4.08. The SMILES string of the molecule is CCCCCCCCS(=O)(=O)ON=C1C=C[C]S1. The van der Waals surface area contributed by atoms with Gasteiger partial charge in [-0.15, -0.1) is 0 Å². The van der Waals surface area contributed by atoms with Crippen LogP contribution in [0.4, 0.5) is 0 Å². The predicted molar refractivity (Wildman–Crippen MR) is 75.7 cm³/mol. The third-order valence-corrected chi connectivity index (χ3v) is 4.21. The molecule has 1 aliphatic heterocycles. The summed E-state index contributed by atoms with van der Waals surface area (Å²) in [6.07, 6.45) is 9.56. The molecule has 0 saturated heterocycles. The Morgan fingerprint density at radius 3 is 2.67 bits per heavy atom. The fraction of sp³-hybridized carbons (Fsp3) is 0.667. The van der Waals surface area contributed by atoms with Crippen molar-refractivity contribution in [2.75, 3.05) is 5.75 Å². The Hall–Kier alpha value is -0.490. The van der Waals surface area contributed by atoms with E-state index in [1.165, 1.54) is 31.0 Å². The smallest absolute Gasteiger partial charge is 0.267 e. The second-order valence-corrected chi connectivity index (χ2v) is 6.62. The molecule has 0 saturated carbocycles. The third kappa shape index (κ3) is 7.06. The highest BCUT2D eigenvalue weighted by atomic mass is 32.2. The molecule has 1 rings (SSSR count). The number of hydrogen-bond donors (Lipinski definition) is 0. The van der Waals surface area contributed by atoms with Gasteiger partial charge in [-0.1, -0.05) is 62.0 Å². The molecule has 102 valence electrons. The van der Waals surface area contributed by atoms with Crippen LogP contribution >= 0.6 is 11.8 Å². The molecular weight excluding hydrogens is 270 g/mol. The van der Waals surface area contributed by atoms with Gasteiger partial charge in [-0.3, -0.25) is 4.28 Å². The lowest BCUT2D eigenvalue weighted by atomic mass is 10.1. The Kier molecular flexibility index (Phi) is 7.42. The van der Waals surface area contributed by atoms with Crippen molar-refractivity contribution in [1.29, 1.82) is 0 Å². The molecule has 0 amide bonds. The average Bonchev–Trinajstić information content (AvgIpc) is 2.84. The van der Waals surface area contributed by atoms with Gasteiger partial charge in [-0.05, 0) is 12.5 Å². The Balaban J connectivity index is 2.15. The Morgan fingerprint density at radius 1 is 1.28 bits per heavy atom. The number of nitrogens with zero attached hydrogens (tertiary/aromatic N) is 1. The molecule has 0 aliphatic carbocycles. The van der Waals surface area contributed by atoms with E-state index in [9.17, 15) is 8.42 Å². The molecule has 1 heterocycles. The van der Waals surface area contributed by atoms with Crippen molar-refractivity contribution >= 4 is 26.9 Å². The number of oxime groups is 1. The second kappa shape index (κ2) is 8.58. The lowest BCUT2D eigenvalue weighted by Gasteiger charge is -2.02. The van der Waals surface area contributed by atoms with Crippen LogP contribution in [-0.4, -0.2) is 19.2 Å². The zero-order valence-electron chi connectivity index (χ0n) is 10.6. The van der Waals surface area contributed by atoms with Gasteiger partial charge in [0.25, 0.3) is 0 Å². The van der Waals surface area contributed by atoms with E-state index in [1.54, 1.807) is 12.2 Å². The van der Waals surface area contributed by atoms with Crippen LogP contribution in [0.1, 0.15) is 45.4 Å². The lowest BCUT2D eigenvalue weighted by molar-refractivity contribution is 0.339. The Morgan fingerprint density at radius 2 is 2.00 bits per heavy atom. The number of unbranched alkanes of at least 4 members (excludes halogenated alkanes) is 5. The topological polar surface area (TPSA) is 55.7 Å². The van der Waals surface area contributed by atoms with Crippen molar-refractivity contribution in [1.82, 2.24) is 0 Å². The molecule has 6 heteroatoms. The minimum atomic E-state index is -3.52. The van der Waals surface area contributed by atoms with E-state index in [2.05, 4.69) is 22.1 Å². The van der Waals surface area contributed by atoms with Crippen LogP contribution in [0.2, 0.25) is 0 Å². The molecule has 0 unspecified atom stereocenters. The van der Waals surface area contributed by atoms with E-state index in [0.29, 0.717) is 11.5 Å². The van der Waals surface area contributed by atoms with Gasteiger partial charge in [0.15, 0.2) is 0 Å². The minimum absolute atomic E-state index is 0.0394. The van der Waals surface area contributed by atoms with Gasteiger partial charge in [0.05, 0.1) is 11.5 Å². The first-order valence-electron chi connectivity index (χ1n) is 6.22. The second-order valence-electron chi connectivity index (χ2n) is 4.09. The molecular formula is C12H19NO3S2. The van der Waals surface area contributed by atoms with Crippen molar-refractivity contribution in [3.63, 3.8) is 0 Å². The lowest BCUT2D eigenvalue weighted by Crippen LogP contribution is -2.08. The summed E-state index contributed by atoms with van der Waals surface area (Å²) in [6.45, 7) is 2.15. The first-order chi connectivity index (χ1) is 8.64. The van der Waals surface area contributed by atoms with Gasteiger partial charge >= 0.3 is 10.1 Å². The fourth-order valence-corrected chi connectivity index (χ4v) is 2.81. The summed E-state index contributed by atoms with van der Waals surface area (Å²) < 4.78 is 27.6. The van der Waals surface area contributed by atoms with Crippen molar-refractivity contribution in [2.45, 2.75) is 45.4 Å². The summed E-state index contributed by atoms with van der Waals surface area (Å²) in [6, 6.07) is 0. The quantitative estimate of drug-likeness (QED) is 0.482. The molecule has 4 nitrogen and oxygen atoms in total. The van der Waals surface area contributed by atoms with E-state index >= 15 is 0 Å². The van der Waals surface area contributed by atoms with Crippen LogP contribution in [0, 0.1) is 5.75 Å². The number of thioether (sulfide) groups is 1. The Bertz CT molecular complexity index is 388.